The molecule has 0 atom stereocenters. The Bertz CT molecular complexity index is 551. The smallest absolute Gasteiger partial charge is 0.226 e. The number of halogens is 1. The van der Waals surface area contributed by atoms with Gasteiger partial charge < -0.3 is 9.88 Å². The Morgan fingerprint density at radius 1 is 1.58 bits per heavy atom. The number of amides is 1. The van der Waals surface area contributed by atoms with Crippen LogP contribution in [-0.4, -0.2) is 27.0 Å². The molecule has 19 heavy (non-hydrogen) atoms. The molecule has 0 bridgehead atoms. The van der Waals surface area contributed by atoms with E-state index in [1.165, 1.54) is 11.3 Å². The number of hydrogen-bond acceptors (Lipinski definition) is 4. The molecule has 0 spiro atoms. The van der Waals surface area contributed by atoms with Gasteiger partial charge >= 0.3 is 0 Å². The number of nitrogens with zero attached hydrogens (tertiary/aromatic N) is 3. The lowest BCUT2D eigenvalue weighted by Crippen LogP contribution is -2.27. The number of carbonyl (C=O) groups excluding carboxylic acids is 1. The predicted molar refractivity (Wildman–Crippen MR) is 75.3 cm³/mol. The van der Waals surface area contributed by atoms with E-state index < -0.39 is 0 Å². The Morgan fingerprint density at radius 2 is 2.42 bits per heavy atom. The van der Waals surface area contributed by atoms with Crippen LogP contribution in [0.2, 0.25) is 0 Å². The lowest BCUT2D eigenvalue weighted by atomic mass is 10.3. The van der Waals surface area contributed by atoms with Crippen molar-refractivity contribution in [3.05, 3.63) is 34.3 Å². The Morgan fingerprint density at radius 3 is 3.05 bits per heavy atom. The molecule has 5 nitrogen and oxygen atoms in total. The fourth-order valence-corrected chi connectivity index (χ4v) is 2.66. The van der Waals surface area contributed by atoms with Crippen LogP contribution in [0.15, 0.2) is 17.8 Å². The first-order valence-corrected chi connectivity index (χ1v) is 7.32. The standard InChI is InChI=1S/C12H15ClN4OS/c1-17-5-4-14-10(17)2-3-15-11(18)6-12-16-9(7-13)8-19-12/h4-5,8H,2-3,6-7H2,1H3,(H,15,18). The van der Waals surface area contributed by atoms with Gasteiger partial charge in [-0.3, -0.25) is 4.79 Å². The van der Waals surface area contributed by atoms with Crippen LogP contribution in [-0.2, 0) is 30.6 Å². The molecule has 2 aromatic heterocycles. The maximum atomic E-state index is 11.7. The first-order chi connectivity index (χ1) is 9.19. The quantitative estimate of drug-likeness (QED) is 0.823. The summed E-state index contributed by atoms with van der Waals surface area (Å²) >= 11 is 7.13. The summed E-state index contributed by atoms with van der Waals surface area (Å²) in [6.07, 6.45) is 4.67. The van der Waals surface area contributed by atoms with Crippen molar-refractivity contribution in [2.75, 3.05) is 6.54 Å². The molecule has 0 radical (unpaired) electrons. The number of thiazole rings is 1. The highest BCUT2D eigenvalue weighted by Gasteiger charge is 2.07. The Labute approximate surface area is 120 Å². The van der Waals surface area contributed by atoms with Crippen molar-refractivity contribution in [2.24, 2.45) is 7.05 Å². The summed E-state index contributed by atoms with van der Waals surface area (Å²) in [7, 11) is 1.94. The number of nitrogens with one attached hydrogen (secondary N) is 1. The van der Waals surface area contributed by atoms with Gasteiger partial charge in [0, 0.05) is 37.8 Å². The van der Waals surface area contributed by atoms with Crippen LogP contribution in [0.1, 0.15) is 16.5 Å². The number of aromatic nitrogens is 3. The zero-order valence-corrected chi connectivity index (χ0v) is 12.2. The summed E-state index contributed by atoms with van der Waals surface area (Å²) in [5, 5.41) is 5.54. The van der Waals surface area contributed by atoms with Crippen molar-refractivity contribution in [3.8, 4) is 0 Å². The van der Waals surface area contributed by atoms with Gasteiger partial charge in [0.05, 0.1) is 18.0 Å². The van der Waals surface area contributed by atoms with E-state index >= 15 is 0 Å². The highest BCUT2D eigenvalue weighted by molar-refractivity contribution is 7.09. The van der Waals surface area contributed by atoms with Gasteiger partial charge in [-0.25, -0.2) is 9.97 Å². The third kappa shape index (κ3) is 4.04. The molecule has 2 rings (SSSR count). The van der Waals surface area contributed by atoms with Gasteiger partial charge in [-0.15, -0.1) is 22.9 Å². The fourth-order valence-electron chi connectivity index (χ4n) is 1.64. The van der Waals surface area contributed by atoms with E-state index in [-0.39, 0.29) is 5.91 Å². The SMILES string of the molecule is Cn1ccnc1CCNC(=O)Cc1nc(CCl)cs1. The average molecular weight is 299 g/mol. The van der Waals surface area contributed by atoms with Gasteiger partial charge in [-0.2, -0.15) is 0 Å². The van der Waals surface area contributed by atoms with Crippen LogP contribution in [0.5, 0.6) is 0 Å². The molecule has 0 aliphatic heterocycles. The summed E-state index contributed by atoms with van der Waals surface area (Å²) in [5.41, 5.74) is 0.822. The zero-order chi connectivity index (χ0) is 13.7. The van der Waals surface area contributed by atoms with Crippen LogP contribution in [0.4, 0.5) is 0 Å². The molecule has 7 heteroatoms. The molecule has 102 valence electrons. The predicted octanol–water partition coefficient (Wildman–Crippen LogP) is 1.52. The van der Waals surface area contributed by atoms with E-state index in [0.29, 0.717) is 18.8 Å². The van der Waals surface area contributed by atoms with Crippen molar-refractivity contribution < 1.29 is 4.79 Å². The van der Waals surface area contributed by atoms with Gasteiger partial charge in [0.1, 0.15) is 10.8 Å². The molecule has 1 N–H and O–H groups in total. The average Bonchev–Trinajstić information content (AvgIpc) is 2.99. The van der Waals surface area contributed by atoms with Crippen LogP contribution in [0.3, 0.4) is 0 Å². The van der Waals surface area contributed by atoms with E-state index in [1.54, 1.807) is 6.20 Å². The third-order valence-corrected chi connectivity index (χ3v) is 3.81. The summed E-state index contributed by atoms with van der Waals surface area (Å²) < 4.78 is 1.94. The van der Waals surface area contributed by atoms with E-state index in [2.05, 4.69) is 15.3 Å². The van der Waals surface area contributed by atoms with Gasteiger partial charge in [0.15, 0.2) is 0 Å². The van der Waals surface area contributed by atoms with Crippen LogP contribution >= 0.6 is 22.9 Å². The summed E-state index contributed by atoms with van der Waals surface area (Å²) in [6.45, 7) is 0.581. The molecule has 0 saturated carbocycles. The second-order valence-corrected chi connectivity index (χ2v) is 5.31. The Balaban J connectivity index is 1.74. The molecule has 2 heterocycles. The number of rotatable bonds is 6. The Kier molecular flexibility index (Phi) is 4.93. The van der Waals surface area contributed by atoms with Gasteiger partial charge in [0.25, 0.3) is 0 Å². The molecular weight excluding hydrogens is 284 g/mol. The van der Waals surface area contributed by atoms with Crippen molar-refractivity contribution in [1.82, 2.24) is 19.9 Å². The lowest BCUT2D eigenvalue weighted by molar-refractivity contribution is -0.120. The van der Waals surface area contributed by atoms with Crippen LogP contribution in [0.25, 0.3) is 0 Å². The van der Waals surface area contributed by atoms with E-state index in [0.717, 1.165) is 22.9 Å². The number of carbonyl (C=O) groups is 1. The minimum Gasteiger partial charge on any atom is -0.355 e. The minimum atomic E-state index is -0.0234. The van der Waals surface area contributed by atoms with Gasteiger partial charge in [0.2, 0.25) is 5.91 Å². The largest absolute Gasteiger partial charge is 0.355 e. The monoisotopic (exact) mass is 298 g/mol. The van der Waals surface area contributed by atoms with E-state index in [4.69, 9.17) is 11.6 Å². The van der Waals surface area contributed by atoms with Crippen molar-refractivity contribution >= 4 is 28.8 Å². The van der Waals surface area contributed by atoms with E-state index in [1.807, 2.05) is 23.2 Å². The fraction of sp³-hybridized carbons (Fsp3) is 0.417. The molecule has 1 amide bonds. The van der Waals surface area contributed by atoms with Crippen LogP contribution < -0.4 is 5.32 Å². The number of alkyl halides is 1. The summed E-state index contributed by atoms with van der Waals surface area (Å²) in [6, 6.07) is 0. The molecule has 0 saturated heterocycles. The topological polar surface area (TPSA) is 59.8 Å². The lowest BCUT2D eigenvalue weighted by Gasteiger charge is -2.04. The number of aryl methyl sites for hydroxylation is 1. The molecule has 0 aliphatic rings. The second kappa shape index (κ2) is 6.68. The zero-order valence-electron chi connectivity index (χ0n) is 10.6. The molecule has 0 fully saturated rings. The normalized spacial score (nSPS) is 10.6. The number of imidazole rings is 1. The Hall–Kier alpha value is -1.40. The maximum Gasteiger partial charge on any atom is 0.226 e. The molecule has 0 unspecified atom stereocenters. The van der Waals surface area contributed by atoms with Crippen LogP contribution in [0, 0.1) is 0 Å². The second-order valence-electron chi connectivity index (χ2n) is 4.10. The van der Waals surface area contributed by atoms with Crippen molar-refractivity contribution in [2.45, 2.75) is 18.7 Å². The highest BCUT2D eigenvalue weighted by atomic mass is 35.5. The molecule has 0 aromatic carbocycles. The first-order valence-electron chi connectivity index (χ1n) is 5.91. The molecular formula is C12H15ClN4OS. The van der Waals surface area contributed by atoms with Gasteiger partial charge in [-0.1, -0.05) is 0 Å². The highest BCUT2D eigenvalue weighted by Crippen LogP contribution is 2.11. The summed E-state index contributed by atoms with van der Waals surface area (Å²) in [5.74, 6) is 1.32. The first kappa shape index (κ1) is 14.0. The van der Waals surface area contributed by atoms with Crippen molar-refractivity contribution in [3.63, 3.8) is 0 Å². The maximum absolute atomic E-state index is 11.7. The summed E-state index contributed by atoms with van der Waals surface area (Å²) in [4.78, 5) is 20.2. The number of hydrogen-bond donors (Lipinski definition) is 1. The van der Waals surface area contributed by atoms with Crippen molar-refractivity contribution in [1.29, 1.82) is 0 Å². The molecule has 2 aromatic rings. The van der Waals surface area contributed by atoms with Gasteiger partial charge in [-0.05, 0) is 0 Å². The minimum absolute atomic E-state index is 0.0234. The third-order valence-electron chi connectivity index (χ3n) is 2.64. The molecule has 0 aliphatic carbocycles. The van der Waals surface area contributed by atoms with E-state index in [9.17, 15) is 4.79 Å².